The molecule has 1 aromatic carbocycles. The summed E-state index contributed by atoms with van der Waals surface area (Å²) in [5.74, 6) is -0.288. The minimum atomic E-state index is -0.288. The van der Waals surface area contributed by atoms with Crippen LogP contribution in [0.25, 0.3) is 5.57 Å². The highest BCUT2D eigenvalue weighted by Crippen LogP contribution is 2.45. The van der Waals surface area contributed by atoms with E-state index in [0.717, 1.165) is 22.0 Å². The molecule has 17 heavy (non-hydrogen) atoms. The summed E-state index contributed by atoms with van der Waals surface area (Å²) in [5, 5.41) is 0. The van der Waals surface area contributed by atoms with Gasteiger partial charge in [-0.25, -0.2) is 4.79 Å². The zero-order chi connectivity index (χ0) is 12.6. The Morgan fingerprint density at radius 2 is 2.18 bits per heavy atom. The van der Waals surface area contributed by atoms with Crippen molar-refractivity contribution >= 4 is 27.5 Å². The first-order valence-electron chi connectivity index (χ1n) is 5.53. The van der Waals surface area contributed by atoms with Crippen molar-refractivity contribution in [1.82, 2.24) is 0 Å². The summed E-state index contributed by atoms with van der Waals surface area (Å²) in [6.45, 7) is 4.38. The van der Waals surface area contributed by atoms with Gasteiger partial charge in [-0.2, -0.15) is 0 Å². The Labute approximate surface area is 110 Å². The monoisotopic (exact) mass is 294 g/mol. The van der Waals surface area contributed by atoms with Crippen molar-refractivity contribution in [3.05, 3.63) is 39.9 Å². The van der Waals surface area contributed by atoms with Gasteiger partial charge in [-0.05, 0) is 40.7 Å². The Balaban J connectivity index is 2.53. The smallest absolute Gasteiger partial charge is 0.330 e. The highest BCUT2D eigenvalue weighted by atomic mass is 79.9. The van der Waals surface area contributed by atoms with Crippen LogP contribution >= 0.6 is 15.9 Å². The molecule has 0 radical (unpaired) electrons. The van der Waals surface area contributed by atoms with Crippen LogP contribution in [0.4, 0.5) is 0 Å². The molecule has 1 aliphatic rings. The normalized spacial score (nSPS) is 19.2. The Hall–Kier alpha value is -1.09. The lowest BCUT2D eigenvalue weighted by atomic mass is 9.86. The Kier molecular flexibility index (Phi) is 3.13. The summed E-state index contributed by atoms with van der Waals surface area (Å²) in [6.07, 6.45) is 2.47. The quantitative estimate of drug-likeness (QED) is 0.583. The third kappa shape index (κ3) is 2.29. The Morgan fingerprint density at radius 3 is 2.82 bits per heavy atom. The van der Waals surface area contributed by atoms with Gasteiger partial charge in [-0.1, -0.05) is 35.8 Å². The van der Waals surface area contributed by atoms with Crippen LogP contribution in [-0.4, -0.2) is 13.1 Å². The van der Waals surface area contributed by atoms with Crippen LogP contribution in [0.3, 0.4) is 0 Å². The van der Waals surface area contributed by atoms with Gasteiger partial charge < -0.3 is 4.74 Å². The number of fused-ring (bicyclic) bond motifs is 1. The average molecular weight is 295 g/mol. The third-order valence-electron chi connectivity index (χ3n) is 3.18. The molecule has 0 spiro atoms. The largest absolute Gasteiger partial charge is 0.466 e. The molecule has 0 aromatic heterocycles. The zero-order valence-electron chi connectivity index (χ0n) is 10.2. The van der Waals surface area contributed by atoms with Gasteiger partial charge in [0.15, 0.2) is 0 Å². The predicted molar refractivity (Wildman–Crippen MR) is 71.8 cm³/mol. The lowest BCUT2D eigenvalue weighted by Gasteiger charge is -2.18. The van der Waals surface area contributed by atoms with Crippen LogP contribution in [0.1, 0.15) is 31.4 Å². The third-order valence-corrected chi connectivity index (χ3v) is 3.68. The second-order valence-electron chi connectivity index (χ2n) is 4.94. The van der Waals surface area contributed by atoms with Gasteiger partial charge in [-0.3, -0.25) is 0 Å². The van der Waals surface area contributed by atoms with Crippen LogP contribution in [0.2, 0.25) is 0 Å². The molecule has 2 nitrogen and oxygen atoms in total. The number of esters is 1. The van der Waals surface area contributed by atoms with Crippen LogP contribution in [0.5, 0.6) is 0 Å². The number of rotatable bonds is 1. The van der Waals surface area contributed by atoms with Crippen molar-refractivity contribution in [2.45, 2.75) is 25.7 Å². The van der Waals surface area contributed by atoms with Gasteiger partial charge in [-0.15, -0.1) is 0 Å². The average Bonchev–Trinajstić information content (AvgIpc) is 2.50. The van der Waals surface area contributed by atoms with Crippen molar-refractivity contribution in [2.24, 2.45) is 0 Å². The first-order valence-corrected chi connectivity index (χ1v) is 6.32. The van der Waals surface area contributed by atoms with Crippen LogP contribution < -0.4 is 0 Å². The number of benzene rings is 1. The number of allylic oxidation sites excluding steroid dienone is 1. The molecule has 1 aliphatic carbocycles. The second-order valence-corrected chi connectivity index (χ2v) is 5.86. The molecule has 2 rings (SSSR count). The van der Waals surface area contributed by atoms with Crippen LogP contribution in [0, 0.1) is 0 Å². The molecule has 0 aliphatic heterocycles. The minimum absolute atomic E-state index is 0.0793. The van der Waals surface area contributed by atoms with E-state index in [-0.39, 0.29) is 11.4 Å². The van der Waals surface area contributed by atoms with Crippen LogP contribution in [-0.2, 0) is 14.9 Å². The number of hydrogen-bond acceptors (Lipinski definition) is 2. The molecule has 0 atom stereocenters. The van der Waals surface area contributed by atoms with E-state index in [9.17, 15) is 4.79 Å². The van der Waals surface area contributed by atoms with E-state index >= 15 is 0 Å². The maximum atomic E-state index is 11.4. The van der Waals surface area contributed by atoms with Crippen molar-refractivity contribution in [3.63, 3.8) is 0 Å². The van der Waals surface area contributed by atoms with Crippen molar-refractivity contribution in [2.75, 3.05) is 7.11 Å². The summed E-state index contributed by atoms with van der Waals surface area (Å²) in [4.78, 5) is 11.4. The SMILES string of the molecule is COC(=O)/C=C1/CC(C)(C)c2ccc(Br)cc21. The van der Waals surface area contributed by atoms with Crippen molar-refractivity contribution < 1.29 is 9.53 Å². The Morgan fingerprint density at radius 1 is 1.47 bits per heavy atom. The van der Waals surface area contributed by atoms with Crippen molar-refractivity contribution in [1.29, 1.82) is 0 Å². The maximum absolute atomic E-state index is 11.4. The van der Waals surface area contributed by atoms with Gasteiger partial charge in [0.2, 0.25) is 0 Å². The molecule has 0 amide bonds. The molecular weight excluding hydrogens is 280 g/mol. The summed E-state index contributed by atoms with van der Waals surface area (Å²) < 4.78 is 5.73. The topological polar surface area (TPSA) is 26.3 Å². The van der Waals surface area contributed by atoms with E-state index in [0.29, 0.717) is 0 Å². The summed E-state index contributed by atoms with van der Waals surface area (Å²) in [5.41, 5.74) is 3.57. The molecule has 0 saturated carbocycles. The number of carbonyl (C=O) groups excluding carboxylic acids is 1. The lowest BCUT2D eigenvalue weighted by Crippen LogP contribution is -2.11. The van der Waals surface area contributed by atoms with Gasteiger partial charge in [0.05, 0.1) is 7.11 Å². The molecule has 0 N–H and O–H groups in total. The predicted octanol–water partition coefficient (Wildman–Crippen LogP) is 3.69. The molecule has 90 valence electrons. The van der Waals surface area contributed by atoms with Gasteiger partial charge in [0.25, 0.3) is 0 Å². The fourth-order valence-electron chi connectivity index (χ4n) is 2.37. The molecular formula is C14H15BrO2. The van der Waals surface area contributed by atoms with Gasteiger partial charge in [0.1, 0.15) is 0 Å². The number of hydrogen-bond donors (Lipinski definition) is 0. The van der Waals surface area contributed by atoms with Gasteiger partial charge >= 0.3 is 5.97 Å². The molecule has 1 aromatic rings. The highest BCUT2D eigenvalue weighted by molar-refractivity contribution is 9.10. The fourth-order valence-corrected chi connectivity index (χ4v) is 2.73. The summed E-state index contributed by atoms with van der Waals surface area (Å²) in [7, 11) is 1.40. The maximum Gasteiger partial charge on any atom is 0.330 e. The molecule has 0 heterocycles. The van der Waals surface area contributed by atoms with E-state index in [4.69, 9.17) is 4.74 Å². The van der Waals surface area contributed by atoms with E-state index in [1.54, 1.807) is 6.08 Å². The standard InChI is InChI=1S/C14H15BrO2/c1-14(2)8-9(6-13(16)17-3)11-7-10(15)4-5-12(11)14/h4-7H,8H2,1-3H3/b9-6-. The second kappa shape index (κ2) is 4.30. The Bertz CT molecular complexity index is 501. The lowest BCUT2D eigenvalue weighted by molar-refractivity contribution is -0.134. The summed E-state index contributed by atoms with van der Waals surface area (Å²) in [6, 6.07) is 6.23. The first kappa shape index (κ1) is 12.4. The number of halogens is 1. The molecule has 0 bridgehead atoms. The van der Waals surface area contributed by atoms with E-state index in [1.165, 1.54) is 12.7 Å². The molecule has 0 saturated heterocycles. The van der Waals surface area contributed by atoms with Crippen molar-refractivity contribution in [3.8, 4) is 0 Å². The summed E-state index contributed by atoms with van der Waals surface area (Å²) >= 11 is 3.47. The zero-order valence-corrected chi connectivity index (χ0v) is 11.8. The van der Waals surface area contributed by atoms with Gasteiger partial charge in [0, 0.05) is 10.5 Å². The number of carbonyl (C=O) groups is 1. The fraction of sp³-hybridized carbons (Fsp3) is 0.357. The number of methoxy groups -OCH3 is 1. The van der Waals surface area contributed by atoms with E-state index in [1.807, 2.05) is 6.07 Å². The molecule has 0 unspecified atom stereocenters. The number of ether oxygens (including phenoxy) is 1. The first-order chi connectivity index (χ1) is 7.94. The van der Waals surface area contributed by atoms with Crippen LogP contribution in [0.15, 0.2) is 28.7 Å². The highest BCUT2D eigenvalue weighted by Gasteiger charge is 2.33. The molecule has 3 heteroatoms. The van der Waals surface area contributed by atoms with E-state index in [2.05, 4.69) is 41.9 Å². The molecule has 0 fully saturated rings. The minimum Gasteiger partial charge on any atom is -0.466 e. The van der Waals surface area contributed by atoms with E-state index < -0.39 is 0 Å².